The van der Waals surface area contributed by atoms with Crippen LogP contribution in [0.3, 0.4) is 0 Å². The second kappa shape index (κ2) is 3.91. The highest BCUT2D eigenvalue weighted by Crippen LogP contribution is 2.12. The molecule has 0 saturated heterocycles. The average Bonchev–Trinajstić information content (AvgIpc) is 2.46. The van der Waals surface area contributed by atoms with Gasteiger partial charge in [-0.1, -0.05) is 0 Å². The molecule has 0 aliphatic rings. The van der Waals surface area contributed by atoms with E-state index in [1.807, 2.05) is 0 Å². The van der Waals surface area contributed by atoms with E-state index in [2.05, 4.69) is 4.98 Å². The maximum absolute atomic E-state index is 10.6. The molecule has 0 unspecified atom stereocenters. The van der Waals surface area contributed by atoms with Crippen molar-refractivity contribution in [1.29, 1.82) is 0 Å². The number of carbonyl (C=O) groups is 2. The first-order chi connectivity index (χ1) is 6.52. The van der Waals surface area contributed by atoms with Gasteiger partial charge in [-0.2, -0.15) is 0 Å². The number of imidazole rings is 1. The van der Waals surface area contributed by atoms with Gasteiger partial charge in [0.1, 0.15) is 5.82 Å². The molecular formula is C8H8N2O4-2. The van der Waals surface area contributed by atoms with Crippen molar-refractivity contribution >= 4 is 11.9 Å². The highest BCUT2D eigenvalue weighted by Gasteiger charge is 2.13. The van der Waals surface area contributed by atoms with Gasteiger partial charge in [-0.25, -0.2) is 4.98 Å². The van der Waals surface area contributed by atoms with Gasteiger partial charge < -0.3 is 24.4 Å². The summed E-state index contributed by atoms with van der Waals surface area (Å²) in [5.74, 6) is -2.48. The summed E-state index contributed by atoms with van der Waals surface area (Å²) in [5, 5.41) is 20.9. The zero-order valence-corrected chi connectivity index (χ0v) is 7.47. The zero-order valence-electron chi connectivity index (χ0n) is 7.47. The van der Waals surface area contributed by atoms with E-state index in [4.69, 9.17) is 0 Å². The van der Waals surface area contributed by atoms with Gasteiger partial charge in [0.25, 0.3) is 0 Å². The van der Waals surface area contributed by atoms with Gasteiger partial charge in [-0.15, -0.1) is 0 Å². The highest BCUT2D eigenvalue weighted by molar-refractivity contribution is 5.77. The number of hydrogen-bond acceptors (Lipinski definition) is 5. The van der Waals surface area contributed by atoms with Crippen molar-refractivity contribution < 1.29 is 19.8 Å². The van der Waals surface area contributed by atoms with Crippen LogP contribution in [0.1, 0.15) is 18.3 Å². The molecule has 1 atom stereocenters. The Kier molecular flexibility index (Phi) is 2.85. The van der Waals surface area contributed by atoms with Gasteiger partial charge >= 0.3 is 0 Å². The molecule has 1 heterocycles. The second-order valence-electron chi connectivity index (χ2n) is 2.79. The molecule has 0 aliphatic heterocycles. The van der Waals surface area contributed by atoms with E-state index in [-0.39, 0.29) is 0 Å². The van der Waals surface area contributed by atoms with Crippen LogP contribution in [0.25, 0.3) is 0 Å². The normalized spacial score (nSPS) is 12.4. The predicted octanol–water partition coefficient (Wildman–Crippen LogP) is -2.38. The summed E-state index contributed by atoms with van der Waals surface area (Å²) in [4.78, 5) is 24.7. The van der Waals surface area contributed by atoms with Crippen molar-refractivity contribution in [3.8, 4) is 0 Å². The number of hydrogen-bond donors (Lipinski definition) is 0. The van der Waals surface area contributed by atoms with Gasteiger partial charge in [-0.3, -0.25) is 0 Å². The van der Waals surface area contributed by atoms with Crippen molar-refractivity contribution in [2.45, 2.75) is 19.4 Å². The van der Waals surface area contributed by atoms with Crippen LogP contribution in [0.5, 0.6) is 0 Å². The summed E-state index contributed by atoms with van der Waals surface area (Å²) >= 11 is 0. The van der Waals surface area contributed by atoms with Crippen molar-refractivity contribution in [2.24, 2.45) is 0 Å². The number of carboxylic acids is 2. The van der Waals surface area contributed by atoms with E-state index in [0.717, 1.165) is 0 Å². The average molecular weight is 196 g/mol. The molecule has 76 valence electrons. The molecule has 1 aromatic heterocycles. The molecule has 6 heteroatoms. The predicted molar refractivity (Wildman–Crippen MR) is 40.6 cm³/mol. The largest absolute Gasteiger partial charge is 0.550 e. The quantitative estimate of drug-likeness (QED) is 0.535. The summed E-state index contributed by atoms with van der Waals surface area (Å²) in [6.07, 6.45) is 2.15. The van der Waals surface area contributed by atoms with E-state index in [0.29, 0.717) is 5.82 Å². The van der Waals surface area contributed by atoms with Crippen molar-refractivity contribution in [2.75, 3.05) is 0 Å². The molecule has 0 N–H and O–H groups in total. The summed E-state index contributed by atoms with van der Waals surface area (Å²) in [6, 6.07) is -1.26. The van der Waals surface area contributed by atoms with Gasteiger partial charge in [-0.05, 0) is 6.92 Å². The van der Waals surface area contributed by atoms with Crippen LogP contribution in [-0.2, 0) is 9.59 Å². The monoisotopic (exact) mass is 196 g/mol. The van der Waals surface area contributed by atoms with E-state index in [1.54, 1.807) is 6.92 Å². The van der Waals surface area contributed by atoms with Crippen LogP contribution in [0.2, 0.25) is 0 Å². The fraction of sp³-hybridized carbons (Fsp3) is 0.375. The Morgan fingerprint density at radius 2 is 2.21 bits per heavy atom. The number of aryl methyl sites for hydroxylation is 1. The molecule has 0 aromatic carbocycles. The fourth-order valence-corrected chi connectivity index (χ4v) is 1.17. The Bertz CT molecular complexity index is 358. The molecule has 1 aromatic rings. The first-order valence-corrected chi connectivity index (χ1v) is 3.92. The van der Waals surface area contributed by atoms with Crippen LogP contribution in [0.4, 0.5) is 0 Å². The molecule has 0 bridgehead atoms. The summed E-state index contributed by atoms with van der Waals surface area (Å²) in [7, 11) is 0. The van der Waals surface area contributed by atoms with Crippen molar-refractivity contribution in [1.82, 2.24) is 9.55 Å². The standard InChI is InChI=1S/C8H10N2O4/c1-5-9-2-3-10(5)6(8(13)14)4-7(11)12/h2-3,6H,4H2,1H3,(H,11,12)(H,13,14)/p-2/t6-/m1/s1. The van der Waals surface area contributed by atoms with E-state index in [9.17, 15) is 19.8 Å². The number of carboxylic acid groups (broad SMARTS) is 2. The molecule has 0 fully saturated rings. The van der Waals surface area contributed by atoms with Crippen LogP contribution < -0.4 is 10.2 Å². The van der Waals surface area contributed by atoms with Crippen LogP contribution >= 0.6 is 0 Å². The van der Waals surface area contributed by atoms with Crippen LogP contribution in [0.15, 0.2) is 12.4 Å². The third-order valence-corrected chi connectivity index (χ3v) is 1.83. The molecule has 0 aliphatic carbocycles. The Labute approximate surface area is 79.8 Å². The minimum Gasteiger partial charge on any atom is -0.550 e. The molecule has 1 rings (SSSR count). The van der Waals surface area contributed by atoms with Crippen molar-refractivity contribution in [3.63, 3.8) is 0 Å². The molecule has 14 heavy (non-hydrogen) atoms. The van der Waals surface area contributed by atoms with Gasteiger partial charge in [0.2, 0.25) is 0 Å². The van der Waals surface area contributed by atoms with Crippen molar-refractivity contribution in [3.05, 3.63) is 18.2 Å². The lowest BCUT2D eigenvalue weighted by Crippen LogP contribution is -2.37. The highest BCUT2D eigenvalue weighted by atomic mass is 16.4. The van der Waals surface area contributed by atoms with Crippen LogP contribution in [-0.4, -0.2) is 21.5 Å². The summed E-state index contributed by atoms with van der Waals surface area (Å²) in [5.41, 5.74) is 0. The van der Waals surface area contributed by atoms with Gasteiger partial charge in [0.05, 0.1) is 12.0 Å². The Balaban J connectivity index is 2.94. The fourth-order valence-electron chi connectivity index (χ4n) is 1.17. The first kappa shape index (κ1) is 10.2. The Morgan fingerprint density at radius 1 is 1.57 bits per heavy atom. The minimum atomic E-state index is -1.46. The van der Waals surface area contributed by atoms with E-state index >= 15 is 0 Å². The third-order valence-electron chi connectivity index (χ3n) is 1.83. The van der Waals surface area contributed by atoms with E-state index < -0.39 is 24.4 Å². The number of aliphatic carboxylic acids is 2. The smallest absolute Gasteiger partial charge is 0.106 e. The minimum absolute atomic E-state index is 0.417. The first-order valence-electron chi connectivity index (χ1n) is 3.92. The lowest BCUT2D eigenvalue weighted by atomic mass is 10.2. The number of rotatable bonds is 4. The molecule has 0 amide bonds. The van der Waals surface area contributed by atoms with E-state index in [1.165, 1.54) is 17.0 Å². The maximum atomic E-state index is 10.6. The molecule has 0 radical (unpaired) electrons. The summed E-state index contributed by atoms with van der Waals surface area (Å²) in [6.45, 7) is 1.57. The van der Waals surface area contributed by atoms with Crippen LogP contribution in [0, 0.1) is 6.92 Å². The SMILES string of the molecule is Cc1nccn1[C@H](CC(=O)[O-])C(=O)[O-]. The molecular weight excluding hydrogens is 188 g/mol. The molecule has 6 nitrogen and oxygen atoms in total. The third kappa shape index (κ3) is 2.09. The topological polar surface area (TPSA) is 98.1 Å². The lowest BCUT2D eigenvalue weighted by molar-refractivity contribution is -0.319. The Morgan fingerprint density at radius 3 is 2.57 bits per heavy atom. The number of aromatic nitrogens is 2. The number of carbonyl (C=O) groups excluding carboxylic acids is 2. The van der Waals surface area contributed by atoms with Gasteiger partial charge in [0.15, 0.2) is 0 Å². The zero-order chi connectivity index (χ0) is 10.7. The van der Waals surface area contributed by atoms with Gasteiger partial charge in [0, 0.05) is 24.8 Å². The number of nitrogens with zero attached hydrogens (tertiary/aromatic N) is 2. The summed E-state index contributed by atoms with van der Waals surface area (Å²) < 4.78 is 1.23. The maximum Gasteiger partial charge on any atom is 0.106 e. The lowest BCUT2D eigenvalue weighted by Gasteiger charge is -2.21. The molecule has 0 spiro atoms. The Hall–Kier alpha value is -1.85. The second-order valence-corrected chi connectivity index (χ2v) is 2.79. The molecule has 0 saturated carbocycles.